The third-order valence-corrected chi connectivity index (χ3v) is 2.21. The van der Waals surface area contributed by atoms with Gasteiger partial charge in [-0.25, -0.2) is 0 Å². The van der Waals surface area contributed by atoms with Crippen LogP contribution in [0.1, 0.15) is 11.1 Å². The van der Waals surface area contributed by atoms with E-state index in [4.69, 9.17) is 15.6 Å². The molecular formula is C11H13BN4O3. The first-order chi connectivity index (χ1) is 9.11. The number of nitrogens with zero attached hydrogens (tertiary/aromatic N) is 3. The van der Waals surface area contributed by atoms with E-state index in [1.807, 2.05) is 0 Å². The Labute approximate surface area is 110 Å². The number of nitrogens with one attached hydrogen (secondary N) is 1. The topological polar surface area (TPSA) is 118 Å². The van der Waals surface area contributed by atoms with Gasteiger partial charge in [0.2, 0.25) is 5.91 Å². The third kappa shape index (κ3) is 6.28. The van der Waals surface area contributed by atoms with Gasteiger partial charge in [-0.15, -0.1) is 0 Å². The number of carbonyl (C=O) groups excluding carboxylic acids is 1. The van der Waals surface area contributed by atoms with Crippen LogP contribution >= 0.6 is 0 Å². The van der Waals surface area contributed by atoms with Gasteiger partial charge in [0.05, 0.1) is 0 Å². The quantitative estimate of drug-likeness (QED) is 0.301. The van der Waals surface area contributed by atoms with Crippen molar-refractivity contribution in [1.82, 2.24) is 5.32 Å². The van der Waals surface area contributed by atoms with Gasteiger partial charge in [0.15, 0.2) is 0 Å². The molecule has 1 aromatic rings. The van der Waals surface area contributed by atoms with E-state index >= 15 is 0 Å². The minimum Gasteiger partial charge on any atom is -0.424 e. The van der Waals surface area contributed by atoms with E-state index in [1.54, 1.807) is 30.3 Å². The molecule has 0 atom stereocenters. The van der Waals surface area contributed by atoms with E-state index in [-0.39, 0.29) is 12.5 Å². The summed E-state index contributed by atoms with van der Waals surface area (Å²) < 4.78 is 0. The Morgan fingerprint density at radius 1 is 1.42 bits per heavy atom. The molecular weight excluding hydrogens is 247 g/mol. The first-order valence-electron chi connectivity index (χ1n) is 5.52. The lowest BCUT2D eigenvalue weighted by atomic mass is 9.90. The molecule has 0 aliphatic heterocycles. The Morgan fingerprint density at radius 3 is 2.68 bits per heavy atom. The highest BCUT2D eigenvalue weighted by Crippen LogP contribution is 2.06. The summed E-state index contributed by atoms with van der Waals surface area (Å²) >= 11 is 0. The zero-order valence-corrected chi connectivity index (χ0v) is 10.1. The van der Waals surface area contributed by atoms with Gasteiger partial charge in [-0.3, -0.25) is 4.79 Å². The minimum atomic E-state index is -1.47. The van der Waals surface area contributed by atoms with E-state index in [9.17, 15) is 4.79 Å². The van der Waals surface area contributed by atoms with Crippen molar-refractivity contribution in [2.45, 2.75) is 6.54 Å². The molecule has 0 heterocycles. The van der Waals surface area contributed by atoms with Crippen LogP contribution in [-0.2, 0) is 11.3 Å². The van der Waals surface area contributed by atoms with Crippen molar-refractivity contribution in [2.75, 3.05) is 6.54 Å². The number of carbonyl (C=O) groups is 1. The predicted octanol–water partition coefficient (Wildman–Crippen LogP) is 0.638. The van der Waals surface area contributed by atoms with Crippen molar-refractivity contribution in [1.29, 1.82) is 0 Å². The normalized spacial score (nSPS) is 10.0. The van der Waals surface area contributed by atoms with Crippen LogP contribution in [0.5, 0.6) is 0 Å². The van der Waals surface area contributed by atoms with Crippen molar-refractivity contribution < 1.29 is 14.8 Å². The fraction of sp³-hybridized carbons (Fsp3) is 0.182. The lowest BCUT2D eigenvalue weighted by molar-refractivity contribution is -0.119. The van der Waals surface area contributed by atoms with Crippen LogP contribution in [0.15, 0.2) is 35.4 Å². The third-order valence-electron chi connectivity index (χ3n) is 2.21. The number of rotatable bonds is 6. The molecule has 0 aliphatic carbocycles. The predicted molar refractivity (Wildman–Crippen MR) is 71.5 cm³/mol. The molecule has 1 rings (SSSR count). The Morgan fingerprint density at radius 2 is 2.11 bits per heavy atom. The summed E-state index contributed by atoms with van der Waals surface area (Å²) in [5, 5.41) is 23.1. The molecule has 0 saturated heterocycles. The van der Waals surface area contributed by atoms with E-state index in [1.165, 1.54) is 5.98 Å². The molecule has 0 saturated carbocycles. The average Bonchev–Trinajstić information content (AvgIpc) is 2.41. The highest BCUT2D eigenvalue weighted by molar-refractivity contribution is 6.48. The summed E-state index contributed by atoms with van der Waals surface area (Å²) in [6, 6.07) is 7.18. The van der Waals surface area contributed by atoms with Gasteiger partial charge < -0.3 is 15.4 Å². The zero-order chi connectivity index (χ0) is 14.1. The molecule has 0 spiro atoms. The fourth-order valence-corrected chi connectivity index (χ4v) is 1.30. The van der Waals surface area contributed by atoms with E-state index in [0.29, 0.717) is 6.54 Å². The van der Waals surface area contributed by atoms with E-state index < -0.39 is 7.12 Å². The second-order valence-corrected chi connectivity index (χ2v) is 3.68. The summed E-state index contributed by atoms with van der Waals surface area (Å²) in [6.07, 6.45) is 1.58. The maximum absolute atomic E-state index is 11.2. The van der Waals surface area contributed by atoms with Crippen LogP contribution in [-0.4, -0.2) is 29.6 Å². The average molecular weight is 260 g/mol. The van der Waals surface area contributed by atoms with Gasteiger partial charge >= 0.3 is 7.12 Å². The Balaban J connectivity index is 2.48. The van der Waals surface area contributed by atoms with Crippen LogP contribution in [0.3, 0.4) is 0 Å². The molecule has 19 heavy (non-hydrogen) atoms. The standard InChI is InChI=1S/C11H13BN4O3/c13-16-15-8-11(17)14-7-10-3-1-9(2-4-10)5-6-12(18)19/h1-6,18-19H,7-8H2,(H,14,17)/b6-5+. The second kappa shape index (κ2) is 7.94. The molecule has 0 unspecified atom stereocenters. The molecule has 8 heteroatoms. The van der Waals surface area contributed by atoms with Gasteiger partial charge in [-0.05, 0) is 16.7 Å². The van der Waals surface area contributed by atoms with Crippen LogP contribution in [0, 0.1) is 0 Å². The minimum absolute atomic E-state index is 0.217. The number of hydrogen-bond acceptors (Lipinski definition) is 4. The molecule has 0 fully saturated rings. The van der Waals surface area contributed by atoms with Gasteiger partial charge in [0, 0.05) is 11.5 Å². The molecule has 0 radical (unpaired) electrons. The molecule has 0 aromatic heterocycles. The summed E-state index contributed by atoms with van der Waals surface area (Å²) in [5.74, 6) is 0.904. The number of azide groups is 1. The lowest BCUT2D eigenvalue weighted by Crippen LogP contribution is -2.24. The van der Waals surface area contributed by atoms with Crippen LogP contribution in [0.25, 0.3) is 16.5 Å². The summed E-state index contributed by atoms with van der Waals surface area (Å²) in [7, 11) is -1.47. The molecule has 98 valence electrons. The van der Waals surface area contributed by atoms with Crippen LogP contribution in [0.4, 0.5) is 0 Å². The summed E-state index contributed by atoms with van der Waals surface area (Å²) in [5.41, 5.74) is 9.76. The maximum atomic E-state index is 11.2. The van der Waals surface area contributed by atoms with Crippen molar-refractivity contribution in [3.63, 3.8) is 0 Å². The van der Waals surface area contributed by atoms with E-state index in [2.05, 4.69) is 15.3 Å². The molecule has 3 N–H and O–H groups in total. The van der Waals surface area contributed by atoms with Crippen LogP contribution in [0.2, 0.25) is 0 Å². The number of amides is 1. The Hall–Kier alpha value is -2.28. The van der Waals surface area contributed by atoms with E-state index in [0.717, 1.165) is 11.1 Å². The molecule has 0 bridgehead atoms. The second-order valence-electron chi connectivity index (χ2n) is 3.68. The lowest BCUT2D eigenvalue weighted by Gasteiger charge is -2.03. The first-order valence-corrected chi connectivity index (χ1v) is 5.52. The first kappa shape index (κ1) is 14.8. The summed E-state index contributed by atoms with van der Waals surface area (Å²) in [6.45, 7) is 0.123. The Kier molecular flexibility index (Phi) is 6.18. The van der Waals surface area contributed by atoms with Gasteiger partial charge in [-0.2, -0.15) is 0 Å². The molecule has 1 aromatic carbocycles. The zero-order valence-electron chi connectivity index (χ0n) is 10.1. The molecule has 0 aliphatic rings. The monoisotopic (exact) mass is 260 g/mol. The number of hydrogen-bond donors (Lipinski definition) is 3. The van der Waals surface area contributed by atoms with Crippen molar-refractivity contribution >= 4 is 19.1 Å². The van der Waals surface area contributed by atoms with Crippen LogP contribution < -0.4 is 5.32 Å². The highest BCUT2D eigenvalue weighted by atomic mass is 16.4. The number of benzene rings is 1. The summed E-state index contributed by atoms with van der Waals surface area (Å²) in [4.78, 5) is 13.7. The Bertz CT molecular complexity index is 495. The molecule has 1 amide bonds. The van der Waals surface area contributed by atoms with Crippen molar-refractivity contribution in [3.8, 4) is 0 Å². The van der Waals surface area contributed by atoms with Gasteiger partial charge in [0.25, 0.3) is 0 Å². The van der Waals surface area contributed by atoms with Crippen molar-refractivity contribution in [2.24, 2.45) is 5.11 Å². The smallest absolute Gasteiger partial charge is 0.424 e. The highest BCUT2D eigenvalue weighted by Gasteiger charge is 2.00. The van der Waals surface area contributed by atoms with Gasteiger partial charge in [-0.1, -0.05) is 41.4 Å². The fourth-order valence-electron chi connectivity index (χ4n) is 1.30. The van der Waals surface area contributed by atoms with Gasteiger partial charge in [0.1, 0.15) is 6.54 Å². The molecule has 7 nitrogen and oxygen atoms in total. The maximum Gasteiger partial charge on any atom is 0.480 e. The largest absolute Gasteiger partial charge is 0.480 e. The SMILES string of the molecule is [N-]=[N+]=NCC(=O)NCc1ccc(/C=C/B(O)O)cc1. The van der Waals surface area contributed by atoms with Crippen molar-refractivity contribution in [3.05, 3.63) is 51.8 Å².